The number of carboxylic acid groups (broad SMARTS) is 1. The van der Waals surface area contributed by atoms with E-state index in [1.54, 1.807) is 30.3 Å². The second-order valence-electron chi connectivity index (χ2n) is 5.39. The van der Waals surface area contributed by atoms with Crippen molar-refractivity contribution < 1.29 is 14.7 Å². The molecule has 112 valence electrons. The molecule has 22 heavy (non-hydrogen) atoms. The molecule has 1 saturated heterocycles. The number of hydrogen-bond donors (Lipinski definition) is 1. The second kappa shape index (κ2) is 6.02. The summed E-state index contributed by atoms with van der Waals surface area (Å²) in [4.78, 5) is 26.5. The maximum atomic E-state index is 12.9. The Balaban J connectivity index is 2.14. The topological polar surface area (TPSA) is 57.6 Å². The van der Waals surface area contributed by atoms with E-state index < -0.39 is 5.97 Å². The lowest BCUT2D eigenvalue weighted by atomic mass is 9.96. The highest BCUT2D eigenvalue weighted by atomic mass is 16.4. The lowest BCUT2D eigenvalue weighted by molar-refractivity contribution is 0.0693. The molecule has 0 bridgehead atoms. The van der Waals surface area contributed by atoms with E-state index in [4.69, 9.17) is 0 Å². The summed E-state index contributed by atoms with van der Waals surface area (Å²) in [5, 5.41) is 9.46. The van der Waals surface area contributed by atoms with Crippen LogP contribution in [0.5, 0.6) is 0 Å². The monoisotopic (exact) mass is 295 g/mol. The molecule has 1 fully saturated rings. The van der Waals surface area contributed by atoms with Crippen LogP contribution in [-0.2, 0) is 0 Å². The van der Waals surface area contributed by atoms with Gasteiger partial charge in [-0.05, 0) is 25.0 Å². The molecule has 1 aliphatic rings. The van der Waals surface area contributed by atoms with Crippen LogP contribution in [-0.4, -0.2) is 29.9 Å². The highest BCUT2D eigenvalue weighted by Gasteiger charge is 2.25. The molecular weight excluding hydrogens is 278 g/mol. The van der Waals surface area contributed by atoms with Gasteiger partial charge in [-0.1, -0.05) is 36.4 Å². The molecule has 0 saturated carbocycles. The molecule has 2 aromatic carbocycles. The van der Waals surface area contributed by atoms with Gasteiger partial charge in [0.1, 0.15) is 0 Å². The van der Waals surface area contributed by atoms with Crippen molar-refractivity contribution in [1.82, 2.24) is 0 Å². The number of carbonyl (C=O) groups is 2. The van der Waals surface area contributed by atoms with E-state index in [-0.39, 0.29) is 11.3 Å². The van der Waals surface area contributed by atoms with Crippen LogP contribution in [0.3, 0.4) is 0 Å². The van der Waals surface area contributed by atoms with Crippen molar-refractivity contribution in [3.8, 4) is 0 Å². The van der Waals surface area contributed by atoms with E-state index in [2.05, 4.69) is 4.90 Å². The lowest BCUT2D eigenvalue weighted by Gasteiger charge is -2.22. The molecule has 1 heterocycles. The quantitative estimate of drug-likeness (QED) is 0.880. The number of carboxylic acids is 1. The number of ketones is 1. The highest BCUT2D eigenvalue weighted by Crippen LogP contribution is 2.29. The molecule has 0 aliphatic carbocycles. The third kappa shape index (κ3) is 2.60. The largest absolute Gasteiger partial charge is 0.478 e. The first-order valence-corrected chi connectivity index (χ1v) is 7.39. The average molecular weight is 295 g/mol. The first-order valence-electron chi connectivity index (χ1n) is 7.39. The van der Waals surface area contributed by atoms with Crippen LogP contribution in [0.2, 0.25) is 0 Å². The Bertz CT molecular complexity index is 704. The number of hydrogen-bond acceptors (Lipinski definition) is 3. The van der Waals surface area contributed by atoms with E-state index in [9.17, 15) is 14.7 Å². The fourth-order valence-electron chi connectivity index (χ4n) is 2.91. The molecule has 0 unspecified atom stereocenters. The lowest BCUT2D eigenvalue weighted by Crippen LogP contribution is -2.23. The first kappa shape index (κ1) is 14.3. The second-order valence-corrected chi connectivity index (χ2v) is 5.39. The summed E-state index contributed by atoms with van der Waals surface area (Å²) in [6.45, 7) is 1.72. The summed E-state index contributed by atoms with van der Waals surface area (Å²) < 4.78 is 0. The number of benzene rings is 2. The van der Waals surface area contributed by atoms with Gasteiger partial charge >= 0.3 is 5.97 Å². The number of carbonyl (C=O) groups excluding carboxylic acids is 1. The fourth-order valence-corrected chi connectivity index (χ4v) is 2.91. The van der Waals surface area contributed by atoms with Gasteiger partial charge < -0.3 is 10.0 Å². The third-order valence-electron chi connectivity index (χ3n) is 3.98. The Kier molecular flexibility index (Phi) is 3.92. The maximum Gasteiger partial charge on any atom is 0.336 e. The van der Waals surface area contributed by atoms with Crippen molar-refractivity contribution in [2.75, 3.05) is 18.0 Å². The molecule has 0 aromatic heterocycles. The Labute approximate surface area is 129 Å². The molecule has 0 atom stereocenters. The van der Waals surface area contributed by atoms with Crippen LogP contribution >= 0.6 is 0 Å². The van der Waals surface area contributed by atoms with E-state index in [1.807, 2.05) is 12.1 Å². The first-order chi connectivity index (χ1) is 10.7. The smallest absolute Gasteiger partial charge is 0.336 e. The van der Waals surface area contributed by atoms with Gasteiger partial charge in [-0.25, -0.2) is 4.79 Å². The van der Waals surface area contributed by atoms with Crippen LogP contribution in [0.1, 0.15) is 39.1 Å². The summed E-state index contributed by atoms with van der Waals surface area (Å²) >= 11 is 0. The standard InChI is InChI=1S/C18H17NO3/c20-17(13-7-2-1-3-8-13)16-14(18(21)22)9-6-10-15(16)19-11-4-5-12-19/h1-3,6-10H,4-5,11-12H2,(H,21,22). The van der Waals surface area contributed by atoms with E-state index >= 15 is 0 Å². The van der Waals surface area contributed by atoms with Crippen molar-refractivity contribution in [2.24, 2.45) is 0 Å². The maximum absolute atomic E-state index is 12.9. The van der Waals surface area contributed by atoms with Crippen LogP contribution in [0, 0.1) is 0 Å². The van der Waals surface area contributed by atoms with Crippen molar-refractivity contribution in [1.29, 1.82) is 0 Å². The minimum Gasteiger partial charge on any atom is -0.478 e. The SMILES string of the molecule is O=C(O)c1cccc(N2CCCC2)c1C(=O)c1ccccc1. The summed E-state index contributed by atoms with van der Waals surface area (Å²) in [7, 11) is 0. The molecule has 3 rings (SSSR count). The molecule has 4 heteroatoms. The Morgan fingerprint density at radius 1 is 0.909 bits per heavy atom. The zero-order valence-electron chi connectivity index (χ0n) is 12.2. The highest BCUT2D eigenvalue weighted by molar-refractivity contribution is 6.17. The van der Waals surface area contributed by atoms with Crippen molar-refractivity contribution >= 4 is 17.4 Å². The zero-order valence-corrected chi connectivity index (χ0v) is 12.2. The summed E-state index contributed by atoms with van der Waals surface area (Å²) in [5.74, 6) is -1.30. The average Bonchev–Trinajstić information content (AvgIpc) is 3.08. The molecule has 0 spiro atoms. The Morgan fingerprint density at radius 3 is 2.23 bits per heavy atom. The van der Waals surface area contributed by atoms with E-state index in [0.29, 0.717) is 11.1 Å². The van der Waals surface area contributed by atoms with E-state index in [1.165, 1.54) is 6.07 Å². The van der Waals surface area contributed by atoms with Gasteiger partial charge in [-0.2, -0.15) is 0 Å². The molecule has 1 aliphatic heterocycles. The fraction of sp³-hybridized carbons (Fsp3) is 0.222. The number of rotatable bonds is 4. The third-order valence-corrected chi connectivity index (χ3v) is 3.98. The summed E-state index contributed by atoms with van der Waals surface area (Å²) in [5.41, 5.74) is 1.60. The number of nitrogens with zero attached hydrogens (tertiary/aromatic N) is 1. The van der Waals surface area contributed by atoms with E-state index in [0.717, 1.165) is 31.6 Å². The van der Waals surface area contributed by atoms with Gasteiger partial charge in [-0.15, -0.1) is 0 Å². The summed E-state index contributed by atoms with van der Waals surface area (Å²) in [6, 6.07) is 13.9. The van der Waals surface area contributed by atoms with Crippen LogP contribution in [0.4, 0.5) is 5.69 Å². The van der Waals surface area contributed by atoms with Crippen LogP contribution < -0.4 is 4.90 Å². The Morgan fingerprint density at radius 2 is 1.59 bits per heavy atom. The number of anilines is 1. The normalized spacial score (nSPS) is 14.1. The Hall–Kier alpha value is -2.62. The van der Waals surface area contributed by atoms with Gasteiger partial charge in [0, 0.05) is 24.3 Å². The van der Waals surface area contributed by atoms with Crippen molar-refractivity contribution in [3.63, 3.8) is 0 Å². The molecule has 2 aromatic rings. The van der Waals surface area contributed by atoms with Gasteiger partial charge in [0.25, 0.3) is 0 Å². The molecule has 4 nitrogen and oxygen atoms in total. The molecule has 0 radical (unpaired) electrons. The molecular formula is C18H17NO3. The van der Waals surface area contributed by atoms with Gasteiger partial charge in [0.15, 0.2) is 5.78 Å². The number of aromatic carboxylic acids is 1. The van der Waals surface area contributed by atoms with Crippen molar-refractivity contribution in [2.45, 2.75) is 12.8 Å². The van der Waals surface area contributed by atoms with Gasteiger partial charge in [0.05, 0.1) is 11.1 Å². The van der Waals surface area contributed by atoms with Gasteiger partial charge in [-0.3, -0.25) is 4.79 Å². The van der Waals surface area contributed by atoms with Crippen LogP contribution in [0.15, 0.2) is 48.5 Å². The predicted octanol–water partition coefficient (Wildman–Crippen LogP) is 3.22. The summed E-state index contributed by atoms with van der Waals surface area (Å²) in [6.07, 6.45) is 2.13. The molecule has 0 amide bonds. The van der Waals surface area contributed by atoms with Crippen LogP contribution in [0.25, 0.3) is 0 Å². The van der Waals surface area contributed by atoms with Gasteiger partial charge in [0.2, 0.25) is 0 Å². The minimum absolute atomic E-state index is 0.0678. The minimum atomic E-state index is -1.07. The molecule has 1 N–H and O–H groups in total. The zero-order chi connectivity index (χ0) is 15.5. The van der Waals surface area contributed by atoms with Crippen molar-refractivity contribution in [3.05, 3.63) is 65.2 Å². The predicted molar refractivity (Wildman–Crippen MR) is 84.7 cm³/mol.